The van der Waals surface area contributed by atoms with E-state index in [2.05, 4.69) is 24.3 Å². The molecule has 0 bridgehead atoms. The molecule has 1 fully saturated rings. The Bertz CT molecular complexity index is 957. The maximum atomic E-state index is 12.8. The van der Waals surface area contributed by atoms with E-state index in [4.69, 9.17) is 4.52 Å². The largest absolute Gasteiger partial charge is 0.481 e. The maximum Gasteiger partial charge on any atom is 0.304 e. The Hall–Kier alpha value is -2.63. The molecule has 1 amide bonds. The summed E-state index contributed by atoms with van der Waals surface area (Å²) < 4.78 is 5.76. The van der Waals surface area contributed by atoms with Gasteiger partial charge in [0.25, 0.3) is 0 Å². The number of aromatic nitrogens is 1. The van der Waals surface area contributed by atoms with E-state index in [-0.39, 0.29) is 18.7 Å². The second-order valence-electron chi connectivity index (χ2n) is 9.79. The molecule has 0 radical (unpaired) electrons. The van der Waals surface area contributed by atoms with Crippen LogP contribution in [0, 0.1) is 25.7 Å². The van der Waals surface area contributed by atoms with Gasteiger partial charge in [-0.2, -0.15) is 0 Å². The van der Waals surface area contributed by atoms with Gasteiger partial charge in [-0.3, -0.25) is 9.59 Å². The summed E-state index contributed by atoms with van der Waals surface area (Å²) in [5.41, 5.74) is 4.47. The van der Waals surface area contributed by atoms with Gasteiger partial charge in [0.2, 0.25) is 5.91 Å². The van der Waals surface area contributed by atoms with Crippen LogP contribution in [-0.4, -0.2) is 22.1 Å². The maximum absolute atomic E-state index is 12.8. The van der Waals surface area contributed by atoms with Crippen LogP contribution in [0.1, 0.15) is 92.9 Å². The van der Waals surface area contributed by atoms with Crippen molar-refractivity contribution in [1.82, 2.24) is 5.16 Å². The van der Waals surface area contributed by atoms with E-state index in [1.54, 1.807) is 0 Å². The van der Waals surface area contributed by atoms with Crippen molar-refractivity contribution in [3.8, 4) is 0 Å². The zero-order chi connectivity index (χ0) is 23.4. The lowest BCUT2D eigenvalue weighted by Crippen LogP contribution is -2.24. The van der Waals surface area contributed by atoms with Gasteiger partial charge in [0.15, 0.2) is 0 Å². The van der Waals surface area contributed by atoms with Gasteiger partial charge in [-0.1, -0.05) is 43.6 Å². The number of hydrogen-bond donors (Lipinski definition) is 2. The molecule has 1 aliphatic carbocycles. The third kappa shape index (κ3) is 5.78. The van der Waals surface area contributed by atoms with E-state index in [9.17, 15) is 14.7 Å². The second-order valence-corrected chi connectivity index (χ2v) is 9.79. The molecule has 1 saturated carbocycles. The summed E-state index contributed by atoms with van der Waals surface area (Å²) in [5, 5.41) is 16.7. The molecule has 3 rings (SSSR count). The topological polar surface area (TPSA) is 92.4 Å². The lowest BCUT2D eigenvalue weighted by molar-refractivity contribution is -0.137. The van der Waals surface area contributed by atoms with Gasteiger partial charge in [0.1, 0.15) is 5.76 Å². The minimum Gasteiger partial charge on any atom is -0.481 e. The molecule has 174 valence electrons. The Kier molecular flexibility index (Phi) is 7.75. The fourth-order valence-corrected chi connectivity index (χ4v) is 5.00. The van der Waals surface area contributed by atoms with Crippen LogP contribution in [-0.2, 0) is 16.0 Å². The summed E-state index contributed by atoms with van der Waals surface area (Å²) in [5.74, 6) is 0.982. The highest BCUT2D eigenvalue weighted by Gasteiger charge is 2.37. The van der Waals surface area contributed by atoms with Crippen LogP contribution in [0.3, 0.4) is 0 Å². The number of benzene rings is 1. The Labute approximate surface area is 190 Å². The van der Waals surface area contributed by atoms with Crippen molar-refractivity contribution in [2.75, 3.05) is 5.32 Å². The summed E-state index contributed by atoms with van der Waals surface area (Å²) >= 11 is 0. The van der Waals surface area contributed by atoms with Crippen LogP contribution < -0.4 is 5.32 Å². The van der Waals surface area contributed by atoms with Crippen LogP contribution in [0.5, 0.6) is 0 Å². The molecule has 0 saturated heterocycles. The normalized spacial score (nSPS) is 18.9. The Morgan fingerprint density at radius 2 is 1.94 bits per heavy atom. The predicted molar refractivity (Wildman–Crippen MR) is 125 cm³/mol. The van der Waals surface area contributed by atoms with E-state index in [0.29, 0.717) is 24.0 Å². The van der Waals surface area contributed by atoms with Crippen LogP contribution in [0.4, 0.5) is 5.69 Å². The molecule has 6 heteroatoms. The van der Waals surface area contributed by atoms with Gasteiger partial charge in [0.05, 0.1) is 12.1 Å². The van der Waals surface area contributed by atoms with Crippen molar-refractivity contribution in [3.05, 3.63) is 46.3 Å². The second kappa shape index (κ2) is 10.3. The SMILES string of the molecule is CCc1c(C(CC(=O)O)CC(=O)Nc2ccc(C)cc2C)noc1C1CC(CC(C)C)C1. The number of aliphatic carboxylic acids is 1. The Morgan fingerprint density at radius 1 is 1.22 bits per heavy atom. The first kappa shape index (κ1) is 24.0. The first-order valence-corrected chi connectivity index (χ1v) is 11.7. The van der Waals surface area contributed by atoms with Crippen LogP contribution in [0.2, 0.25) is 0 Å². The van der Waals surface area contributed by atoms with Gasteiger partial charge in [-0.05, 0) is 63.0 Å². The Balaban J connectivity index is 1.75. The minimum atomic E-state index is -0.943. The molecule has 2 N–H and O–H groups in total. The summed E-state index contributed by atoms with van der Waals surface area (Å²) in [4.78, 5) is 24.4. The van der Waals surface area contributed by atoms with E-state index in [1.807, 2.05) is 39.0 Å². The third-order valence-electron chi connectivity index (χ3n) is 6.51. The number of carboxylic acids is 1. The van der Waals surface area contributed by atoms with Crippen molar-refractivity contribution >= 4 is 17.6 Å². The lowest BCUT2D eigenvalue weighted by atomic mass is 9.69. The van der Waals surface area contributed by atoms with Gasteiger partial charge in [-0.15, -0.1) is 0 Å². The van der Waals surface area contributed by atoms with Crippen molar-refractivity contribution in [1.29, 1.82) is 0 Å². The predicted octanol–water partition coefficient (Wildman–Crippen LogP) is 5.98. The fourth-order valence-electron chi connectivity index (χ4n) is 5.00. The fraction of sp³-hybridized carbons (Fsp3) is 0.577. The zero-order valence-electron chi connectivity index (χ0n) is 19.9. The molecule has 0 spiro atoms. The highest BCUT2D eigenvalue weighted by molar-refractivity contribution is 5.92. The number of nitrogens with one attached hydrogen (secondary N) is 1. The Morgan fingerprint density at radius 3 is 2.53 bits per heavy atom. The third-order valence-corrected chi connectivity index (χ3v) is 6.51. The van der Waals surface area contributed by atoms with Crippen molar-refractivity contribution in [3.63, 3.8) is 0 Å². The molecule has 32 heavy (non-hydrogen) atoms. The number of rotatable bonds is 10. The average molecular weight is 441 g/mol. The molecular weight excluding hydrogens is 404 g/mol. The van der Waals surface area contributed by atoms with Crippen molar-refractivity contribution < 1.29 is 19.2 Å². The molecule has 1 heterocycles. The molecule has 1 aromatic carbocycles. The van der Waals surface area contributed by atoms with Crippen molar-refractivity contribution in [2.24, 2.45) is 11.8 Å². The smallest absolute Gasteiger partial charge is 0.304 e. The van der Waals surface area contributed by atoms with Gasteiger partial charge < -0.3 is 14.9 Å². The van der Waals surface area contributed by atoms with E-state index < -0.39 is 11.9 Å². The van der Waals surface area contributed by atoms with Crippen LogP contribution in [0.25, 0.3) is 0 Å². The summed E-state index contributed by atoms with van der Waals surface area (Å²) in [6.07, 6.45) is 4.03. The van der Waals surface area contributed by atoms with Gasteiger partial charge in [0, 0.05) is 29.5 Å². The molecule has 1 unspecified atom stereocenters. The van der Waals surface area contributed by atoms with Crippen LogP contribution in [0.15, 0.2) is 22.7 Å². The molecule has 2 aromatic rings. The monoisotopic (exact) mass is 440 g/mol. The highest BCUT2D eigenvalue weighted by Crippen LogP contribution is 2.47. The molecule has 1 atom stereocenters. The number of carbonyl (C=O) groups is 2. The highest BCUT2D eigenvalue weighted by atomic mass is 16.5. The average Bonchev–Trinajstić information content (AvgIpc) is 3.09. The molecule has 1 aliphatic rings. The zero-order valence-corrected chi connectivity index (χ0v) is 19.9. The van der Waals surface area contributed by atoms with Crippen molar-refractivity contribution in [2.45, 2.75) is 85.0 Å². The number of nitrogens with zero attached hydrogens (tertiary/aromatic N) is 1. The first-order chi connectivity index (χ1) is 15.2. The number of amides is 1. The molecule has 0 aliphatic heterocycles. The number of hydrogen-bond acceptors (Lipinski definition) is 4. The molecule has 1 aromatic heterocycles. The number of anilines is 1. The molecule has 6 nitrogen and oxygen atoms in total. The summed E-state index contributed by atoms with van der Waals surface area (Å²) in [6, 6.07) is 5.83. The first-order valence-electron chi connectivity index (χ1n) is 11.7. The number of carboxylic acid groups (broad SMARTS) is 1. The lowest BCUT2D eigenvalue weighted by Gasteiger charge is -2.35. The van der Waals surface area contributed by atoms with Gasteiger partial charge in [-0.25, -0.2) is 0 Å². The van der Waals surface area contributed by atoms with E-state index in [1.165, 1.54) is 6.42 Å². The summed E-state index contributed by atoms with van der Waals surface area (Å²) in [7, 11) is 0. The molecular formula is C26H36N2O4. The number of carbonyl (C=O) groups excluding carboxylic acids is 1. The number of aryl methyl sites for hydroxylation is 2. The van der Waals surface area contributed by atoms with Crippen LogP contribution >= 0.6 is 0 Å². The quantitative estimate of drug-likeness (QED) is 0.474. The standard InChI is InChI=1S/C26H36N2O4/c1-6-21-25(28-32-26(21)20-11-18(12-20)9-15(2)3)19(14-24(30)31)13-23(29)27-22-8-7-16(4)10-17(22)5/h7-8,10,15,18-20H,6,9,11-14H2,1-5H3,(H,27,29)(H,30,31). The van der Waals surface area contributed by atoms with Gasteiger partial charge >= 0.3 is 5.97 Å². The van der Waals surface area contributed by atoms with E-state index in [0.717, 1.165) is 46.9 Å². The minimum absolute atomic E-state index is 0.0548. The van der Waals surface area contributed by atoms with E-state index >= 15 is 0 Å². The summed E-state index contributed by atoms with van der Waals surface area (Å²) in [6.45, 7) is 10.5.